The van der Waals surface area contributed by atoms with Gasteiger partial charge in [0.25, 0.3) is 0 Å². The van der Waals surface area contributed by atoms with Gasteiger partial charge < -0.3 is 15.8 Å². The molecule has 136 valence electrons. The number of anilines is 3. The number of fused-ring (bicyclic) bond motifs is 1. The van der Waals surface area contributed by atoms with Crippen molar-refractivity contribution in [1.82, 2.24) is 9.97 Å². The summed E-state index contributed by atoms with van der Waals surface area (Å²) in [6.07, 6.45) is -3.25. The van der Waals surface area contributed by atoms with Crippen molar-refractivity contribution in [3.05, 3.63) is 48.0 Å². The average molecular weight is 366 g/mol. The molecule has 3 N–H and O–H groups in total. The van der Waals surface area contributed by atoms with Gasteiger partial charge in [0.05, 0.1) is 11.2 Å². The van der Waals surface area contributed by atoms with E-state index in [4.69, 9.17) is 10.5 Å². The van der Waals surface area contributed by atoms with Crippen molar-refractivity contribution >= 4 is 28.1 Å². The van der Waals surface area contributed by atoms with Gasteiger partial charge in [-0.15, -0.1) is 0 Å². The molecule has 0 bridgehead atoms. The van der Waals surface area contributed by atoms with Gasteiger partial charge in [-0.1, -0.05) is 0 Å². The Morgan fingerprint density at radius 1 is 1.15 bits per heavy atom. The predicted octanol–water partition coefficient (Wildman–Crippen LogP) is 4.34. The van der Waals surface area contributed by atoms with Crippen LogP contribution < -0.4 is 15.8 Å². The van der Waals surface area contributed by atoms with Crippen LogP contribution in [0.4, 0.5) is 34.8 Å². The number of halogens is 4. The molecule has 0 fully saturated rings. The number of ether oxygens (including phenoxy) is 1. The van der Waals surface area contributed by atoms with E-state index in [1.165, 1.54) is 12.4 Å². The van der Waals surface area contributed by atoms with Gasteiger partial charge in [-0.05, 0) is 36.8 Å². The Balaban J connectivity index is 2.00. The second-order valence-corrected chi connectivity index (χ2v) is 5.62. The number of benzene rings is 2. The largest absolute Gasteiger partial charge is 0.482 e. The quantitative estimate of drug-likeness (QED) is 0.531. The number of rotatable bonds is 4. The third-order valence-electron chi connectivity index (χ3n) is 3.55. The molecule has 0 amide bonds. The molecule has 0 unspecified atom stereocenters. The first-order valence-electron chi connectivity index (χ1n) is 7.50. The van der Waals surface area contributed by atoms with Crippen LogP contribution in [0.5, 0.6) is 5.75 Å². The van der Waals surface area contributed by atoms with E-state index in [-0.39, 0.29) is 11.4 Å². The molecular formula is C17H14F4N4O. The van der Waals surface area contributed by atoms with Gasteiger partial charge >= 0.3 is 6.18 Å². The third kappa shape index (κ3) is 3.93. The summed E-state index contributed by atoms with van der Waals surface area (Å²) in [7, 11) is 0. The summed E-state index contributed by atoms with van der Waals surface area (Å²) in [4.78, 5) is 8.27. The summed E-state index contributed by atoms with van der Waals surface area (Å²) in [6.45, 7) is 0.268. The number of nitrogens with zero attached hydrogens (tertiary/aromatic N) is 2. The number of nitrogen functional groups attached to an aromatic ring is 1. The van der Waals surface area contributed by atoms with Crippen molar-refractivity contribution in [3.63, 3.8) is 0 Å². The van der Waals surface area contributed by atoms with Crippen LogP contribution in [-0.4, -0.2) is 22.8 Å². The minimum atomic E-state index is -4.54. The Hall–Kier alpha value is -3.10. The molecule has 9 heteroatoms. The Morgan fingerprint density at radius 2 is 1.92 bits per heavy atom. The molecule has 0 saturated heterocycles. The van der Waals surface area contributed by atoms with Crippen molar-refractivity contribution in [2.45, 2.75) is 13.1 Å². The fourth-order valence-corrected chi connectivity index (χ4v) is 2.52. The molecule has 5 nitrogen and oxygen atoms in total. The smallest absolute Gasteiger partial charge is 0.422 e. The maximum atomic E-state index is 13.4. The lowest BCUT2D eigenvalue weighted by Gasteiger charge is -2.16. The third-order valence-corrected chi connectivity index (χ3v) is 3.55. The van der Waals surface area contributed by atoms with Gasteiger partial charge in [0, 0.05) is 17.1 Å². The van der Waals surface area contributed by atoms with Crippen molar-refractivity contribution in [2.24, 2.45) is 0 Å². The van der Waals surface area contributed by atoms with Gasteiger partial charge in [-0.25, -0.2) is 14.4 Å². The zero-order valence-corrected chi connectivity index (χ0v) is 13.6. The second-order valence-electron chi connectivity index (χ2n) is 5.62. The number of aromatic nitrogens is 2. The number of alkyl halides is 3. The molecule has 0 atom stereocenters. The van der Waals surface area contributed by atoms with Crippen LogP contribution in [-0.2, 0) is 0 Å². The van der Waals surface area contributed by atoms with Gasteiger partial charge in [0.2, 0.25) is 0 Å². The van der Waals surface area contributed by atoms with Crippen LogP contribution in [0.3, 0.4) is 0 Å². The molecule has 0 saturated carbocycles. The van der Waals surface area contributed by atoms with Gasteiger partial charge in [0.15, 0.2) is 6.61 Å². The van der Waals surface area contributed by atoms with E-state index in [2.05, 4.69) is 15.3 Å². The van der Waals surface area contributed by atoms with Gasteiger partial charge in [-0.2, -0.15) is 13.2 Å². The Bertz CT molecular complexity index is 959. The van der Waals surface area contributed by atoms with Crippen LogP contribution in [0, 0.1) is 12.7 Å². The van der Waals surface area contributed by atoms with E-state index in [0.29, 0.717) is 22.4 Å². The van der Waals surface area contributed by atoms with Crippen LogP contribution in [0.25, 0.3) is 10.9 Å². The van der Waals surface area contributed by atoms with Gasteiger partial charge in [0.1, 0.15) is 23.7 Å². The van der Waals surface area contributed by atoms with Crippen LogP contribution in [0.15, 0.2) is 36.7 Å². The summed E-state index contributed by atoms with van der Waals surface area (Å²) in [5.74, 6) is -0.651. The first-order chi connectivity index (χ1) is 12.2. The number of hydrogen-bond acceptors (Lipinski definition) is 5. The fourth-order valence-electron chi connectivity index (χ4n) is 2.52. The summed E-state index contributed by atoms with van der Waals surface area (Å²) in [5.41, 5.74) is 7.82. The minimum absolute atomic E-state index is 0.145. The average Bonchev–Trinajstić information content (AvgIpc) is 2.54. The van der Waals surface area contributed by atoms with Crippen molar-refractivity contribution in [3.8, 4) is 5.75 Å². The Kier molecular flexibility index (Phi) is 4.54. The lowest BCUT2D eigenvalue weighted by molar-refractivity contribution is -0.153. The molecule has 0 aliphatic heterocycles. The van der Waals surface area contributed by atoms with Crippen molar-refractivity contribution in [2.75, 3.05) is 17.7 Å². The molecule has 2 aromatic carbocycles. The van der Waals surface area contributed by atoms with Crippen molar-refractivity contribution in [1.29, 1.82) is 0 Å². The summed E-state index contributed by atoms with van der Waals surface area (Å²) in [5, 5.41) is 3.53. The number of aryl methyl sites for hydroxylation is 1. The van der Waals surface area contributed by atoms with E-state index >= 15 is 0 Å². The zero-order valence-electron chi connectivity index (χ0n) is 13.6. The van der Waals surface area contributed by atoms with Crippen LogP contribution in [0.2, 0.25) is 0 Å². The van der Waals surface area contributed by atoms with E-state index in [1.54, 1.807) is 19.1 Å². The lowest BCUT2D eigenvalue weighted by atomic mass is 10.1. The molecule has 1 heterocycles. The molecule has 0 aliphatic rings. The summed E-state index contributed by atoms with van der Waals surface area (Å²) < 4.78 is 55.4. The molecule has 0 radical (unpaired) electrons. The number of hydrogen-bond donors (Lipinski definition) is 2. The Morgan fingerprint density at radius 3 is 2.65 bits per heavy atom. The first kappa shape index (κ1) is 17.7. The maximum absolute atomic E-state index is 13.4. The van der Waals surface area contributed by atoms with Crippen molar-refractivity contribution < 1.29 is 22.3 Å². The highest BCUT2D eigenvalue weighted by molar-refractivity contribution is 5.95. The van der Waals surface area contributed by atoms with E-state index in [1.807, 2.05) is 0 Å². The minimum Gasteiger partial charge on any atom is -0.482 e. The molecule has 1 aromatic heterocycles. The topological polar surface area (TPSA) is 73.1 Å². The highest BCUT2D eigenvalue weighted by Crippen LogP contribution is 2.33. The lowest BCUT2D eigenvalue weighted by Crippen LogP contribution is -2.19. The monoisotopic (exact) mass is 366 g/mol. The molecule has 26 heavy (non-hydrogen) atoms. The first-order valence-corrected chi connectivity index (χ1v) is 7.50. The molecule has 0 aliphatic carbocycles. The highest BCUT2D eigenvalue weighted by Gasteiger charge is 2.29. The second kappa shape index (κ2) is 6.66. The molecule has 3 aromatic rings. The molecular weight excluding hydrogens is 352 g/mol. The predicted molar refractivity (Wildman–Crippen MR) is 89.9 cm³/mol. The standard InChI is InChI=1S/C17H14F4N4O/c1-9-4-11(22)6-13-15(9)16(24-8-23-13)25-12-3-2-10(18)5-14(12)26-7-17(19,20)21/h2-6,8H,7,22H2,1H3,(H,23,24,25). The number of nitrogens with one attached hydrogen (secondary N) is 1. The van der Waals surface area contributed by atoms with Gasteiger partial charge in [-0.3, -0.25) is 0 Å². The van der Waals surface area contributed by atoms with E-state index in [9.17, 15) is 17.6 Å². The fraction of sp³-hybridized carbons (Fsp3) is 0.176. The Labute approximate surface area is 145 Å². The highest BCUT2D eigenvalue weighted by atomic mass is 19.4. The van der Waals surface area contributed by atoms with E-state index in [0.717, 1.165) is 17.7 Å². The number of nitrogens with two attached hydrogens (primary N) is 1. The van der Waals surface area contributed by atoms with Crippen LogP contribution in [0.1, 0.15) is 5.56 Å². The molecule has 3 rings (SSSR count). The van der Waals surface area contributed by atoms with E-state index < -0.39 is 18.6 Å². The maximum Gasteiger partial charge on any atom is 0.422 e. The normalized spacial score (nSPS) is 11.6. The zero-order chi connectivity index (χ0) is 18.9. The SMILES string of the molecule is Cc1cc(N)cc2ncnc(Nc3ccc(F)cc3OCC(F)(F)F)c12. The van der Waals surface area contributed by atoms with Crippen LogP contribution >= 0.6 is 0 Å². The summed E-state index contributed by atoms with van der Waals surface area (Å²) >= 11 is 0. The molecule has 0 spiro atoms. The summed E-state index contributed by atoms with van der Waals surface area (Å²) in [6, 6.07) is 6.64.